The Hall–Kier alpha value is -4.26. The average molecular weight is 415 g/mol. The Labute approximate surface area is 178 Å². The third-order valence-corrected chi connectivity index (χ3v) is 4.46. The van der Waals surface area contributed by atoms with Gasteiger partial charge in [0.05, 0.1) is 7.11 Å². The molecule has 6 nitrogen and oxygen atoms in total. The number of anilines is 1. The second-order valence-corrected chi connectivity index (χ2v) is 6.57. The van der Waals surface area contributed by atoms with E-state index in [1.807, 2.05) is 0 Å². The third-order valence-electron chi connectivity index (χ3n) is 4.46. The maximum atomic E-state index is 13.3. The number of carbonyl (C=O) groups excluding carboxylic acids is 1. The molecule has 0 fully saturated rings. The van der Waals surface area contributed by atoms with Crippen molar-refractivity contribution in [2.24, 2.45) is 0 Å². The summed E-state index contributed by atoms with van der Waals surface area (Å²) in [7, 11) is 1.60. The highest BCUT2D eigenvalue weighted by atomic mass is 19.1. The van der Waals surface area contributed by atoms with Crippen LogP contribution >= 0.6 is 0 Å². The first kappa shape index (κ1) is 20.0. The molecule has 0 aliphatic carbocycles. The molecule has 0 aliphatic rings. The number of rotatable bonds is 6. The van der Waals surface area contributed by atoms with Gasteiger partial charge in [-0.2, -0.15) is 0 Å². The summed E-state index contributed by atoms with van der Waals surface area (Å²) in [4.78, 5) is 20.8. The molecule has 1 heterocycles. The topological polar surface area (TPSA) is 73.3 Å². The highest BCUT2D eigenvalue weighted by Crippen LogP contribution is 2.23. The number of hydrogen-bond donors (Lipinski definition) is 1. The number of benzene rings is 3. The van der Waals surface area contributed by atoms with E-state index >= 15 is 0 Å². The van der Waals surface area contributed by atoms with E-state index < -0.39 is 5.82 Å². The Bertz CT molecular complexity index is 1180. The molecule has 7 heteroatoms. The van der Waals surface area contributed by atoms with Crippen LogP contribution in [0.3, 0.4) is 0 Å². The number of halogens is 1. The molecule has 0 unspecified atom stereocenters. The van der Waals surface area contributed by atoms with Gasteiger partial charge in [-0.15, -0.1) is 0 Å². The quantitative estimate of drug-likeness (QED) is 0.460. The van der Waals surface area contributed by atoms with Crippen molar-refractivity contribution in [1.29, 1.82) is 0 Å². The zero-order valence-corrected chi connectivity index (χ0v) is 16.6. The Balaban J connectivity index is 1.41. The molecule has 154 valence electrons. The maximum Gasteiger partial charge on any atom is 0.321 e. The summed E-state index contributed by atoms with van der Waals surface area (Å²) in [5.74, 6) is 0.600. The molecule has 1 amide bonds. The smallest absolute Gasteiger partial charge is 0.321 e. The van der Waals surface area contributed by atoms with Crippen LogP contribution in [-0.2, 0) is 0 Å². The molecule has 0 atom stereocenters. The molecule has 0 aliphatic heterocycles. The van der Waals surface area contributed by atoms with Gasteiger partial charge in [0.1, 0.15) is 17.3 Å². The van der Waals surface area contributed by atoms with Gasteiger partial charge in [0.2, 0.25) is 0 Å². The van der Waals surface area contributed by atoms with E-state index in [1.165, 1.54) is 18.2 Å². The fourth-order valence-electron chi connectivity index (χ4n) is 2.85. The number of ether oxygens (including phenoxy) is 2. The molecule has 4 rings (SSSR count). The van der Waals surface area contributed by atoms with Crippen molar-refractivity contribution in [2.45, 2.75) is 0 Å². The molecule has 1 N–H and O–H groups in total. The molecular formula is C24H18FN3O3. The van der Waals surface area contributed by atoms with Gasteiger partial charge in [-0.1, -0.05) is 18.2 Å². The summed E-state index contributed by atoms with van der Waals surface area (Å²) in [5, 5.41) is 2.67. The predicted octanol–water partition coefficient (Wildman–Crippen LogP) is 5.34. The van der Waals surface area contributed by atoms with E-state index in [0.29, 0.717) is 17.0 Å². The van der Waals surface area contributed by atoms with Gasteiger partial charge in [0.15, 0.2) is 0 Å². The largest absolute Gasteiger partial charge is 0.497 e. The fourth-order valence-corrected chi connectivity index (χ4v) is 2.85. The first-order valence-electron chi connectivity index (χ1n) is 9.42. The zero-order chi connectivity index (χ0) is 21.6. The van der Waals surface area contributed by atoms with E-state index in [2.05, 4.69) is 15.3 Å². The second kappa shape index (κ2) is 9.04. The SMILES string of the molecule is COc1ccc(Oc2ncc(-c3ccc(C(=O)Nc4cccc(F)c4)cc3)cn2)cc1. The lowest BCUT2D eigenvalue weighted by Gasteiger charge is -2.07. The minimum absolute atomic E-state index is 0.222. The van der Waals surface area contributed by atoms with Gasteiger partial charge in [-0.25, -0.2) is 14.4 Å². The molecular weight excluding hydrogens is 397 g/mol. The van der Waals surface area contributed by atoms with E-state index in [4.69, 9.17) is 9.47 Å². The van der Waals surface area contributed by atoms with Crippen LogP contribution in [0, 0.1) is 5.82 Å². The van der Waals surface area contributed by atoms with Gasteiger partial charge in [-0.05, 0) is 60.2 Å². The molecule has 0 bridgehead atoms. The zero-order valence-electron chi connectivity index (χ0n) is 16.6. The van der Waals surface area contributed by atoms with E-state index in [9.17, 15) is 9.18 Å². The summed E-state index contributed by atoms with van der Waals surface area (Å²) in [6.07, 6.45) is 3.29. The number of carbonyl (C=O) groups is 1. The molecule has 0 saturated heterocycles. The van der Waals surface area contributed by atoms with Crippen molar-refractivity contribution < 1.29 is 18.7 Å². The number of hydrogen-bond acceptors (Lipinski definition) is 5. The van der Waals surface area contributed by atoms with Crippen LogP contribution in [0.2, 0.25) is 0 Å². The lowest BCUT2D eigenvalue weighted by molar-refractivity contribution is 0.102. The summed E-state index contributed by atoms with van der Waals surface area (Å²) < 4.78 is 24.0. The summed E-state index contributed by atoms with van der Waals surface area (Å²) in [5.41, 5.74) is 2.47. The number of nitrogens with zero attached hydrogens (tertiary/aromatic N) is 2. The highest BCUT2D eigenvalue weighted by molar-refractivity contribution is 6.04. The van der Waals surface area contributed by atoms with Crippen LogP contribution < -0.4 is 14.8 Å². The normalized spacial score (nSPS) is 10.4. The molecule has 4 aromatic rings. The first-order chi connectivity index (χ1) is 15.1. The molecule has 0 saturated carbocycles. The van der Waals surface area contributed by atoms with Crippen LogP contribution in [0.25, 0.3) is 11.1 Å². The Morgan fingerprint density at radius 3 is 2.19 bits per heavy atom. The minimum Gasteiger partial charge on any atom is -0.497 e. The molecule has 0 spiro atoms. The van der Waals surface area contributed by atoms with Crippen molar-refractivity contribution in [3.05, 3.63) is 96.6 Å². The van der Waals surface area contributed by atoms with E-state index in [-0.39, 0.29) is 11.9 Å². The predicted molar refractivity (Wildman–Crippen MR) is 115 cm³/mol. The van der Waals surface area contributed by atoms with E-state index in [0.717, 1.165) is 16.9 Å². The standard InChI is InChI=1S/C24H18FN3O3/c1-30-21-9-11-22(12-10-21)31-24-26-14-18(15-27-24)16-5-7-17(8-6-16)23(29)28-20-4-2-3-19(25)13-20/h2-15H,1H3,(H,28,29). The van der Waals surface area contributed by atoms with Crippen molar-refractivity contribution in [3.8, 4) is 28.6 Å². The molecule has 0 radical (unpaired) electrons. The van der Waals surface area contributed by atoms with Crippen molar-refractivity contribution in [3.63, 3.8) is 0 Å². The number of nitrogens with one attached hydrogen (secondary N) is 1. The Kier molecular flexibility index (Phi) is 5.84. The lowest BCUT2D eigenvalue weighted by Crippen LogP contribution is -2.11. The molecule has 31 heavy (non-hydrogen) atoms. The third kappa shape index (κ3) is 5.02. The van der Waals surface area contributed by atoms with Crippen LogP contribution in [0.1, 0.15) is 10.4 Å². The van der Waals surface area contributed by atoms with Crippen molar-refractivity contribution in [2.75, 3.05) is 12.4 Å². The van der Waals surface area contributed by atoms with Gasteiger partial charge < -0.3 is 14.8 Å². The summed E-state index contributed by atoms with van der Waals surface area (Å²) >= 11 is 0. The summed E-state index contributed by atoms with van der Waals surface area (Å²) in [6.45, 7) is 0. The Morgan fingerprint density at radius 2 is 1.55 bits per heavy atom. The number of methoxy groups -OCH3 is 1. The average Bonchev–Trinajstić information content (AvgIpc) is 2.80. The first-order valence-corrected chi connectivity index (χ1v) is 9.42. The van der Waals surface area contributed by atoms with Crippen molar-refractivity contribution >= 4 is 11.6 Å². The lowest BCUT2D eigenvalue weighted by atomic mass is 10.1. The fraction of sp³-hybridized carbons (Fsp3) is 0.0417. The van der Waals surface area contributed by atoms with E-state index in [1.54, 1.807) is 74.1 Å². The van der Waals surface area contributed by atoms with Crippen molar-refractivity contribution in [1.82, 2.24) is 9.97 Å². The van der Waals surface area contributed by atoms with Gasteiger partial charge >= 0.3 is 6.01 Å². The summed E-state index contributed by atoms with van der Waals surface area (Å²) in [6, 6.07) is 20.0. The van der Waals surface area contributed by atoms with Crippen LogP contribution in [0.4, 0.5) is 10.1 Å². The molecule has 3 aromatic carbocycles. The Morgan fingerprint density at radius 1 is 0.871 bits per heavy atom. The number of aromatic nitrogens is 2. The van der Waals surface area contributed by atoms with Crippen LogP contribution in [0.15, 0.2) is 85.2 Å². The van der Waals surface area contributed by atoms with Crippen LogP contribution in [0.5, 0.6) is 17.5 Å². The molecule has 1 aromatic heterocycles. The maximum absolute atomic E-state index is 13.3. The van der Waals surface area contributed by atoms with Gasteiger partial charge in [0.25, 0.3) is 5.91 Å². The highest BCUT2D eigenvalue weighted by Gasteiger charge is 2.08. The van der Waals surface area contributed by atoms with Gasteiger partial charge in [0, 0.05) is 29.2 Å². The number of amides is 1. The monoisotopic (exact) mass is 415 g/mol. The minimum atomic E-state index is -0.410. The van der Waals surface area contributed by atoms with Crippen LogP contribution in [-0.4, -0.2) is 23.0 Å². The second-order valence-electron chi connectivity index (χ2n) is 6.57. The van der Waals surface area contributed by atoms with Gasteiger partial charge in [-0.3, -0.25) is 4.79 Å².